The van der Waals surface area contributed by atoms with Gasteiger partial charge in [-0.3, -0.25) is 0 Å². The van der Waals surface area contributed by atoms with Crippen molar-refractivity contribution in [3.8, 4) is 0 Å². The van der Waals surface area contributed by atoms with Crippen molar-refractivity contribution in [2.75, 3.05) is 0 Å². The van der Waals surface area contributed by atoms with E-state index in [2.05, 4.69) is 13.8 Å². The molecule has 8 heavy (non-hydrogen) atoms. The maximum absolute atomic E-state index is 9.83. The molecule has 0 saturated carbocycles. The molecule has 48 valence electrons. The topological polar surface area (TPSA) is 17.1 Å². The lowest BCUT2D eigenvalue weighted by atomic mass is 10.0. The lowest BCUT2D eigenvalue weighted by Gasteiger charge is -2.02. The first-order chi connectivity index (χ1) is 3.81. The van der Waals surface area contributed by atoms with Gasteiger partial charge in [-0.05, 0) is 12.3 Å². The van der Waals surface area contributed by atoms with Crippen molar-refractivity contribution in [3.05, 3.63) is 0 Å². The molecule has 0 aromatic carbocycles. The molecule has 1 heteroatoms. The van der Waals surface area contributed by atoms with Crippen molar-refractivity contribution in [1.82, 2.24) is 0 Å². The van der Waals surface area contributed by atoms with Gasteiger partial charge in [-0.1, -0.05) is 20.3 Å². The van der Waals surface area contributed by atoms with Gasteiger partial charge in [0.1, 0.15) is 6.29 Å². The van der Waals surface area contributed by atoms with Crippen LogP contribution in [0.15, 0.2) is 0 Å². The second kappa shape index (κ2) is 4.82. The van der Waals surface area contributed by atoms with Gasteiger partial charge >= 0.3 is 0 Å². The molecule has 0 aliphatic rings. The van der Waals surface area contributed by atoms with Crippen LogP contribution in [0.4, 0.5) is 0 Å². The summed E-state index contributed by atoms with van der Waals surface area (Å²) >= 11 is 0. The minimum Gasteiger partial charge on any atom is -0.303 e. The van der Waals surface area contributed by atoms with E-state index in [-0.39, 0.29) is 0 Å². The van der Waals surface area contributed by atoms with E-state index in [1.807, 2.05) is 0 Å². The summed E-state index contributed by atoms with van der Waals surface area (Å²) in [5.74, 6) is 0.722. The van der Waals surface area contributed by atoms with E-state index in [9.17, 15) is 4.79 Å². The molecule has 0 saturated heterocycles. The average Bonchev–Trinajstić information content (AvgIpc) is 1.83. The number of rotatable bonds is 4. The Morgan fingerprint density at radius 3 is 2.62 bits per heavy atom. The van der Waals surface area contributed by atoms with Gasteiger partial charge < -0.3 is 4.79 Å². The Labute approximate surface area is 51.1 Å². The van der Waals surface area contributed by atoms with Crippen LogP contribution in [0.2, 0.25) is 0 Å². The monoisotopic (exact) mass is 114 g/mol. The van der Waals surface area contributed by atoms with Crippen LogP contribution in [0.1, 0.15) is 33.1 Å². The van der Waals surface area contributed by atoms with Gasteiger partial charge in [-0.2, -0.15) is 0 Å². The zero-order chi connectivity index (χ0) is 6.41. The van der Waals surface area contributed by atoms with E-state index < -0.39 is 0 Å². The first-order valence-electron chi connectivity index (χ1n) is 3.24. The van der Waals surface area contributed by atoms with Gasteiger partial charge in [0.15, 0.2) is 0 Å². The smallest absolute Gasteiger partial charge is 0.120 e. The molecule has 0 aliphatic heterocycles. The quantitative estimate of drug-likeness (QED) is 0.511. The highest BCUT2D eigenvalue weighted by atomic mass is 16.1. The fourth-order valence-corrected chi connectivity index (χ4v) is 0.557. The summed E-state index contributed by atoms with van der Waals surface area (Å²) in [6, 6.07) is 0. The molecule has 1 nitrogen and oxygen atoms in total. The highest BCUT2D eigenvalue weighted by molar-refractivity contribution is 5.49. The van der Waals surface area contributed by atoms with Gasteiger partial charge in [0.05, 0.1) is 0 Å². The molecule has 0 amide bonds. The number of carbonyl (C=O) groups excluding carboxylic acids is 1. The van der Waals surface area contributed by atoms with Crippen LogP contribution in [0.5, 0.6) is 0 Å². The molecular formula is C7H14O. The Morgan fingerprint density at radius 2 is 2.25 bits per heavy atom. The van der Waals surface area contributed by atoms with Crippen molar-refractivity contribution in [2.24, 2.45) is 5.92 Å². The Hall–Kier alpha value is -0.330. The predicted molar refractivity (Wildman–Crippen MR) is 34.8 cm³/mol. The van der Waals surface area contributed by atoms with Crippen LogP contribution < -0.4 is 0 Å². The Bertz CT molecular complexity index is 59.4. The molecule has 0 bridgehead atoms. The van der Waals surface area contributed by atoms with Crippen molar-refractivity contribution < 1.29 is 4.79 Å². The lowest BCUT2D eigenvalue weighted by molar-refractivity contribution is -0.108. The third kappa shape index (κ3) is 3.85. The van der Waals surface area contributed by atoms with E-state index in [1.165, 1.54) is 6.42 Å². The first-order valence-corrected chi connectivity index (χ1v) is 3.24. The number of aldehydes is 1. The molecule has 0 unspecified atom stereocenters. The highest BCUT2D eigenvalue weighted by Crippen LogP contribution is 2.06. The largest absolute Gasteiger partial charge is 0.303 e. The molecule has 1 atom stereocenters. The fraction of sp³-hybridized carbons (Fsp3) is 0.857. The molecule has 0 radical (unpaired) electrons. The number of carbonyl (C=O) groups is 1. The summed E-state index contributed by atoms with van der Waals surface area (Å²) in [6.07, 6.45) is 3.97. The van der Waals surface area contributed by atoms with Crippen molar-refractivity contribution >= 4 is 6.29 Å². The van der Waals surface area contributed by atoms with Crippen LogP contribution in [0, 0.1) is 5.92 Å². The maximum atomic E-state index is 9.83. The second-order valence-electron chi connectivity index (χ2n) is 2.26. The number of hydrogen-bond donors (Lipinski definition) is 0. The summed E-state index contributed by atoms with van der Waals surface area (Å²) in [5.41, 5.74) is 0. The van der Waals surface area contributed by atoms with E-state index >= 15 is 0 Å². The maximum Gasteiger partial charge on any atom is 0.120 e. The zero-order valence-corrected chi connectivity index (χ0v) is 5.68. The SMILES string of the molecule is CC[C@@H](C)CCC=O. The molecule has 0 rings (SSSR count). The van der Waals surface area contributed by atoms with Crippen molar-refractivity contribution in [1.29, 1.82) is 0 Å². The Morgan fingerprint density at radius 1 is 1.62 bits per heavy atom. The molecule has 0 N–H and O–H groups in total. The summed E-state index contributed by atoms with van der Waals surface area (Å²) in [4.78, 5) is 9.83. The minimum atomic E-state index is 0.722. The van der Waals surface area contributed by atoms with E-state index in [4.69, 9.17) is 0 Å². The van der Waals surface area contributed by atoms with Gasteiger partial charge in [0, 0.05) is 6.42 Å². The fourth-order valence-electron chi connectivity index (χ4n) is 0.557. The van der Waals surface area contributed by atoms with Crippen molar-refractivity contribution in [2.45, 2.75) is 33.1 Å². The third-order valence-corrected chi connectivity index (χ3v) is 1.47. The van der Waals surface area contributed by atoms with Crippen LogP contribution in [0.25, 0.3) is 0 Å². The normalized spacial score (nSPS) is 13.2. The van der Waals surface area contributed by atoms with Gasteiger partial charge in [0.2, 0.25) is 0 Å². The summed E-state index contributed by atoms with van der Waals surface area (Å²) in [6.45, 7) is 4.32. The summed E-state index contributed by atoms with van der Waals surface area (Å²) in [7, 11) is 0. The molecule has 0 spiro atoms. The lowest BCUT2D eigenvalue weighted by Crippen LogP contribution is -1.91. The minimum absolute atomic E-state index is 0.722. The average molecular weight is 114 g/mol. The molecule has 0 aromatic rings. The van der Waals surface area contributed by atoms with Gasteiger partial charge in [-0.15, -0.1) is 0 Å². The van der Waals surface area contributed by atoms with E-state index in [1.54, 1.807) is 0 Å². The van der Waals surface area contributed by atoms with E-state index in [0.717, 1.165) is 25.0 Å². The Balaban J connectivity index is 2.97. The Kier molecular flexibility index (Phi) is 4.62. The third-order valence-electron chi connectivity index (χ3n) is 1.47. The summed E-state index contributed by atoms with van der Waals surface area (Å²) in [5, 5.41) is 0. The summed E-state index contributed by atoms with van der Waals surface area (Å²) < 4.78 is 0. The molecule has 0 fully saturated rings. The standard InChI is InChI=1S/C7H14O/c1-3-7(2)5-4-6-8/h6-7H,3-5H2,1-2H3/t7-/m1/s1. The molecule has 0 heterocycles. The number of hydrogen-bond acceptors (Lipinski definition) is 1. The molecule has 0 aromatic heterocycles. The van der Waals surface area contributed by atoms with Crippen LogP contribution in [0.3, 0.4) is 0 Å². The van der Waals surface area contributed by atoms with Crippen molar-refractivity contribution in [3.63, 3.8) is 0 Å². The van der Waals surface area contributed by atoms with Gasteiger partial charge in [-0.25, -0.2) is 0 Å². The van der Waals surface area contributed by atoms with Gasteiger partial charge in [0.25, 0.3) is 0 Å². The highest BCUT2D eigenvalue weighted by Gasteiger charge is 1.94. The molecular weight excluding hydrogens is 100 g/mol. The second-order valence-corrected chi connectivity index (χ2v) is 2.26. The van der Waals surface area contributed by atoms with Crippen LogP contribution >= 0.6 is 0 Å². The predicted octanol–water partition coefficient (Wildman–Crippen LogP) is 2.01. The first kappa shape index (κ1) is 7.67. The zero-order valence-electron chi connectivity index (χ0n) is 5.68. The molecule has 0 aliphatic carbocycles. The van der Waals surface area contributed by atoms with Crippen LogP contribution in [-0.2, 0) is 4.79 Å². The van der Waals surface area contributed by atoms with E-state index in [0.29, 0.717) is 0 Å². The van der Waals surface area contributed by atoms with Crippen LogP contribution in [-0.4, -0.2) is 6.29 Å².